The molecule has 8 nitrogen and oxygen atoms in total. The maximum absolute atomic E-state index is 13.7. The van der Waals surface area contributed by atoms with E-state index in [1.807, 2.05) is 49.4 Å². The van der Waals surface area contributed by atoms with Crippen molar-refractivity contribution in [3.63, 3.8) is 0 Å². The third-order valence-corrected chi connectivity index (χ3v) is 8.42. The van der Waals surface area contributed by atoms with Crippen molar-refractivity contribution in [3.05, 3.63) is 83.9 Å². The van der Waals surface area contributed by atoms with Gasteiger partial charge in [-0.25, -0.2) is 13.1 Å². The van der Waals surface area contributed by atoms with Crippen molar-refractivity contribution in [1.29, 1.82) is 0 Å². The first kappa shape index (κ1) is 27.6. The molecule has 1 atom stereocenters. The Kier molecular flexibility index (Phi) is 9.04. The van der Waals surface area contributed by atoms with Gasteiger partial charge in [-0.2, -0.15) is 0 Å². The smallest absolute Gasteiger partial charge is 0.243 e. The van der Waals surface area contributed by atoms with E-state index in [2.05, 4.69) is 26.8 Å². The fourth-order valence-electron chi connectivity index (χ4n) is 4.61. The van der Waals surface area contributed by atoms with Crippen molar-refractivity contribution in [2.75, 3.05) is 50.1 Å². The van der Waals surface area contributed by atoms with Gasteiger partial charge in [0.1, 0.15) is 10.6 Å². The Morgan fingerprint density at radius 3 is 2.29 bits per heavy atom. The summed E-state index contributed by atoms with van der Waals surface area (Å²) < 4.78 is 35.4. The average Bonchev–Trinajstić information content (AvgIpc) is 2.93. The standard InChI is InChI=1S/C29H36N4O4S/c1-4-32-16-18-33(19-17-32)27-15-12-25(30-29(34)20-23-10-13-26(37-3)14-11-23)21-28(27)38(35,36)31-22(2)24-8-6-5-7-9-24/h5-15,21-22,31H,4,16-20H2,1-3H3,(H,30,34)/t22-/m1/s1. The van der Waals surface area contributed by atoms with Gasteiger partial charge in [0.2, 0.25) is 15.9 Å². The van der Waals surface area contributed by atoms with E-state index in [9.17, 15) is 13.2 Å². The van der Waals surface area contributed by atoms with Crippen LogP contribution in [0.4, 0.5) is 11.4 Å². The molecule has 1 saturated heterocycles. The van der Waals surface area contributed by atoms with E-state index in [4.69, 9.17) is 4.74 Å². The van der Waals surface area contributed by atoms with E-state index in [0.717, 1.165) is 49.6 Å². The molecule has 2 N–H and O–H groups in total. The molecule has 0 aromatic heterocycles. The number of amides is 1. The number of piperazine rings is 1. The topological polar surface area (TPSA) is 91.0 Å². The highest BCUT2D eigenvalue weighted by Gasteiger charge is 2.27. The van der Waals surface area contributed by atoms with Crippen LogP contribution >= 0.6 is 0 Å². The monoisotopic (exact) mass is 536 g/mol. The molecule has 3 aromatic carbocycles. The van der Waals surface area contributed by atoms with Gasteiger partial charge in [-0.05, 0) is 54.9 Å². The van der Waals surface area contributed by atoms with Crippen LogP contribution in [0.15, 0.2) is 77.7 Å². The molecular weight excluding hydrogens is 500 g/mol. The van der Waals surface area contributed by atoms with Crippen molar-refractivity contribution in [2.45, 2.75) is 31.2 Å². The molecule has 0 saturated carbocycles. The maximum Gasteiger partial charge on any atom is 0.243 e. The van der Waals surface area contributed by atoms with Gasteiger partial charge in [0.15, 0.2) is 0 Å². The highest BCUT2D eigenvalue weighted by molar-refractivity contribution is 7.89. The van der Waals surface area contributed by atoms with E-state index >= 15 is 0 Å². The Labute approximate surface area is 225 Å². The van der Waals surface area contributed by atoms with Crippen molar-refractivity contribution in [3.8, 4) is 5.75 Å². The molecule has 0 unspecified atom stereocenters. The highest BCUT2D eigenvalue weighted by atomic mass is 32.2. The maximum atomic E-state index is 13.7. The Hall–Kier alpha value is -3.40. The Balaban J connectivity index is 1.58. The summed E-state index contributed by atoms with van der Waals surface area (Å²) in [4.78, 5) is 17.4. The summed E-state index contributed by atoms with van der Waals surface area (Å²) in [7, 11) is -2.31. The van der Waals surface area contributed by atoms with E-state index in [0.29, 0.717) is 11.4 Å². The number of carbonyl (C=O) groups is 1. The lowest BCUT2D eigenvalue weighted by Gasteiger charge is -2.36. The molecular formula is C29H36N4O4S. The van der Waals surface area contributed by atoms with Crippen LogP contribution in [0.2, 0.25) is 0 Å². The van der Waals surface area contributed by atoms with Gasteiger partial charge in [0, 0.05) is 37.9 Å². The van der Waals surface area contributed by atoms with Gasteiger partial charge < -0.3 is 19.9 Å². The zero-order chi connectivity index (χ0) is 27.1. The number of nitrogens with one attached hydrogen (secondary N) is 2. The molecule has 1 heterocycles. The first-order valence-electron chi connectivity index (χ1n) is 12.9. The molecule has 202 valence electrons. The van der Waals surface area contributed by atoms with Gasteiger partial charge in [-0.3, -0.25) is 4.79 Å². The minimum absolute atomic E-state index is 0.160. The van der Waals surface area contributed by atoms with Crippen LogP contribution in [0, 0.1) is 0 Å². The summed E-state index contributed by atoms with van der Waals surface area (Å²) in [5, 5.41) is 2.87. The van der Waals surface area contributed by atoms with Crippen LogP contribution in [-0.2, 0) is 21.2 Å². The average molecular weight is 537 g/mol. The lowest BCUT2D eigenvalue weighted by atomic mass is 10.1. The van der Waals surface area contributed by atoms with Gasteiger partial charge >= 0.3 is 0 Å². The zero-order valence-corrected chi connectivity index (χ0v) is 23.0. The lowest BCUT2D eigenvalue weighted by molar-refractivity contribution is -0.115. The number of hydrogen-bond donors (Lipinski definition) is 2. The summed E-state index contributed by atoms with van der Waals surface area (Å²) >= 11 is 0. The first-order valence-corrected chi connectivity index (χ1v) is 14.4. The highest BCUT2D eigenvalue weighted by Crippen LogP contribution is 2.31. The number of rotatable bonds is 10. The van der Waals surface area contributed by atoms with Crippen LogP contribution in [-0.4, -0.2) is 59.1 Å². The van der Waals surface area contributed by atoms with Crippen LogP contribution < -0.4 is 19.7 Å². The fourth-order valence-corrected chi connectivity index (χ4v) is 6.10. The molecule has 1 aliphatic heterocycles. The van der Waals surface area contributed by atoms with E-state index in [1.165, 1.54) is 0 Å². The van der Waals surface area contributed by atoms with Crippen LogP contribution in [0.25, 0.3) is 0 Å². The first-order chi connectivity index (χ1) is 18.3. The van der Waals surface area contributed by atoms with Gasteiger partial charge in [-0.1, -0.05) is 49.4 Å². The quantitative estimate of drug-likeness (QED) is 0.406. The molecule has 4 rings (SSSR count). The summed E-state index contributed by atoms with van der Waals surface area (Å²) in [6, 6.07) is 21.5. The summed E-state index contributed by atoms with van der Waals surface area (Å²) in [6.07, 6.45) is 0.163. The van der Waals surface area contributed by atoms with Crippen molar-refractivity contribution in [2.24, 2.45) is 0 Å². The number of anilines is 2. The third-order valence-electron chi connectivity index (χ3n) is 6.85. The Morgan fingerprint density at radius 1 is 0.974 bits per heavy atom. The Bertz CT molecular complexity index is 1320. The molecule has 0 spiro atoms. The normalized spacial score (nSPS) is 15.2. The summed E-state index contributed by atoms with van der Waals surface area (Å²) in [6.45, 7) is 8.11. The van der Waals surface area contributed by atoms with Crippen LogP contribution in [0.5, 0.6) is 5.75 Å². The van der Waals surface area contributed by atoms with E-state index < -0.39 is 16.1 Å². The SMILES string of the molecule is CCN1CCN(c2ccc(NC(=O)Cc3ccc(OC)cc3)cc2S(=O)(=O)N[C@H](C)c2ccccc2)CC1. The molecule has 1 aliphatic rings. The minimum Gasteiger partial charge on any atom is -0.497 e. The molecule has 0 aliphatic carbocycles. The molecule has 1 fully saturated rings. The fraction of sp³-hybridized carbons (Fsp3) is 0.345. The molecule has 0 bridgehead atoms. The summed E-state index contributed by atoms with van der Waals surface area (Å²) in [5.74, 6) is 0.491. The summed E-state index contributed by atoms with van der Waals surface area (Å²) in [5.41, 5.74) is 2.78. The largest absolute Gasteiger partial charge is 0.497 e. The van der Waals surface area contributed by atoms with E-state index in [-0.39, 0.29) is 17.2 Å². The second kappa shape index (κ2) is 12.4. The molecule has 3 aromatic rings. The van der Waals surface area contributed by atoms with Crippen LogP contribution in [0.3, 0.4) is 0 Å². The lowest BCUT2D eigenvalue weighted by Crippen LogP contribution is -2.46. The van der Waals surface area contributed by atoms with Crippen molar-refractivity contribution in [1.82, 2.24) is 9.62 Å². The number of hydrogen-bond acceptors (Lipinski definition) is 6. The van der Waals surface area contributed by atoms with Gasteiger partial charge in [0.25, 0.3) is 0 Å². The number of methoxy groups -OCH3 is 1. The minimum atomic E-state index is -3.90. The van der Waals surface area contributed by atoms with Crippen molar-refractivity contribution < 1.29 is 17.9 Å². The van der Waals surface area contributed by atoms with Crippen molar-refractivity contribution >= 4 is 27.3 Å². The molecule has 9 heteroatoms. The number of ether oxygens (including phenoxy) is 1. The predicted octanol–water partition coefficient (Wildman–Crippen LogP) is 4.06. The van der Waals surface area contributed by atoms with E-state index in [1.54, 1.807) is 37.4 Å². The number of sulfonamides is 1. The van der Waals surface area contributed by atoms with Crippen LogP contribution in [0.1, 0.15) is 31.0 Å². The predicted molar refractivity (Wildman–Crippen MR) is 151 cm³/mol. The van der Waals surface area contributed by atoms with Gasteiger partial charge in [-0.15, -0.1) is 0 Å². The third kappa shape index (κ3) is 6.92. The number of benzene rings is 3. The second-order valence-electron chi connectivity index (χ2n) is 9.43. The number of likely N-dealkylation sites (N-methyl/N-ethyl adjacent to an activating group) is 1. The Morgan fingerprint density at radius 2 is 1.66 bits per heavy atom. The van der Waals surface area contributed by atoms with Gasteiger partial charge in [0.05, 0.1) is 19.2 Å². The number of nitrogens with zero attached hydrogens (tertiary/aromatic N) is 2. The number of carbonyl (C=O) groups excluding carboxylic acids is 1. The molecule has 1 amide bonds. The second-order valence-corrected chi connectivity index (χ2v) is 11.1. The molecule has 38 heavy (non-hydrogen) atoms. The zero-order valence-electron chi connectivity index (χ0n) is 22.2. The molecule has 0 radical (unpaired) electrons.